The van der Waals surface area contributed by atoms with Crippen LogP contribution < -0.4 is 14.8 Å². The summed E-state index contributed by atoms with van der Waals surface area (Å²) >= 11 is 3.15. The Hall–Kier alpha value is -2.85. The van der Waals surface area contributed by atoms with Crippen molar-refractivity contribution in [2.75, 3.05) is 24.3 Å². The van der Waals surface area contributed by atoms with Gasteiger partial charge in [-0.3, -0.25) is 9.20 Å². The van der Waals surface area contributed by atoms with Gasteiger partial charge in [0.2, 0.25) is 5.91 Å². The number of aromatic nitrogens is 4. The third-order valence-electron chi connectivity index (χ3n) is 6.10. The van der Waals surface area contributed by atoms with Crippen LogP contribution in [0, 0.1) is 12.8 Å². The van der Waals surface area contributed by atoms with Crippen LogP contribution in [0.3, 0.4) is 0 Å². The van der Waals surface area contributed by atoms with Gasteiger partial charge in [0.15, 0.2) is 22.3 Å². The van der Waals surface area contributed by atoms with Crippen LogP contribution in [0.25, 0.3) is 15.9 Å². The van der Waals surface area contributed by atoms with E-state index >= 15 is 0 Å². The summed E-state index contributed by atoms with van der Waals surface area (Å²) in [5.74, 6) is 2.98. The van der Waals surface area contributed by atoms with E-state index in [0.29, 0.717) is 41.5 Å². The Balaban J connectivity index is 1.23. The molecule has 1 aromatic carbocycles. The maximum absolute atomic E-state index is 12.6. The Morgan fingerprint density at radius 3 is 3.00 bits per heavy atom. The Kier molecular flexibility index (Phi) is 5.14. The molecule has 4 heterocycles. The lowest BCUT2D eigenvalue weighted by molar-refractivity contribution is -0.113. The number of carbonyl (C=O) groups excluding carboxylic acids is 1. The fraction of sp³-hybridized carbons (Fsp3) is 0.391. The van der Waals surface area contributed by atoms with Crippen LogP contribution in [-0.2, 0) is 17.6 Å². The minimum atomic E-state index is -0.123. The number of anilines is 1. The second kappa shape index (κ2) is 8.18. The largest absolute Gasteiger partial charge is 0.486 e. The lowest BCUT2D eigenvalue weighted by atomic mass is 9.89. The smallest absolute Gasteiger partial charge is 0.234 e. The molecule has 0 fully saturated rings. The Morgan fingerprint density at radius 1 is 1.27 bits per heavy atom. The summed E-state index contributed by atoms with van der Waals surface area (Å²) < 4.78 is 13.1. The van der Waals surface area contributed by atoms with Crippen LogP contribution in [-0.4, -0.2) is 44.5 Å². The summed E-state index contributed by atoms with van der Waals surface area (Å²) in [5, 5.41) is 13.7. The highest BCUT2D eigenvalue weighted by Gasteiger charge is 2.25. The van der Waals surface area contributed by atoms with Crippen molar-refractivity contribution in [2.24, 2.45) is 5.92 Å². The molecule has 0 saturated carbocycles. The van der Waals surface area contributed by atoms with E-state index in [1.54, 1.807) is 17.4 Å². The quantitative estimate of drug-likeness (QED) is 0.435. The molecule has 6 rings (SSSR count). The molecule has 8 nitrogen and oxygen atoms in total. The third kappa shape index (κ3) is 3.71. The minimum Gasteiger partial charge on any atom is -0.486 e. The molecule has 2 aliphatic rings. The van der Waals surface area contributed by atoms with Crippen molar-refractivity contribution in [2.45, 2.75) is 38.3 Å². The monoisotopic (exact) mass is 481 g/mol. The number of thioether (sulfide) groups is 1. The van der Waals surface area contributed by atoms with Gasteiger partial charge in [-0.1, -0.05) is 18.7 Å². The van der Waals surface area contributed by atoms with E-state index in [9.17, 15) is 4.79 Å². The molecule has 4 aromatic rings. The van der Waals surface area contributed by atoms with E-state index in [2.05, 4.69) is 22.4 Å². The topological polar surface area (TPSA) is 90.6 Å². The van der Waals surface area contributed by atoms with E-state index in [1.165, 1.54) is 28.6 Å². The summed E-state index contributed by atoms with van der Waals surface area (Å²) in [5.41, 5.74) is 2.90. The number of benzene rings is 1. The summed E-state index contributed by atoms with van der Waals surface area (Å²) in [4.78, 5) is 20.0. The van der Waals surface area contributed by atoms with Crippen molar-refractivity contribution in [3.63, 3.8) is 0 Å². The molecule has 3 aromatic heterocycles. The number of carbonyl (C=O) groups is 1. The molecule has 1 N–H and O–H groups in total. The van der Waals surface area contributed by atoms with Gasteiger partial charge in [-0.2, -0.15) is 0 Å². The van der Waals surface area contributed by atoms with Crippen LogP contribution in [0.4, 0.5) is 5.69 Å². The van der Waals surface area contributed by atoms with E-state index in [4.69, 9.17) is 14.5 Å². The van der Waals surface area contributed by atoms with E-state index < -0.39 is 0 Å². The predicted molar refractivity (Wildman–Crippen MR) is 129 cm³/mol. The highest BCUT2D eigenvalue weighted by Crippen LogP contribution is 2.39. The normalized spacial score (nSPS) is 17.3. The predicted octanol–water partition coefficient (Wildman–Crippen LogP) is 4.27. The lowest BCUT2D eigenvalue weighted by Gasteiger charge is -2.18. The first-order valence-electron chi connectivity index (χ1n) is 11.0. The highest BCUT2D eigenvalue weighted by atomic mass is 32.2. The molecular weight excluding hydrogens is 458 g/mol. The van der Waals surface area contributed by atoms with Crippen LogP contribution in [0.15, 0.2) is 23.4 Å². The average molecular weight is 482 g/mol. The van der Waals surface area contributed by atoms with Gasteiger partial charge in [0.25, 0.3) is 0 Å². The molecule has 1 amide bonds. The van der Waals surface area contributed by atoms with Crippen molar-refractivity contribution < 1.29 is 14.3 Å². The zero-order valence-corrected chi connectivity index (χ0v) is 20.0. The number of nitrogens with zero attached hydrogens (tertiary/aromatic N) is 4. The summed E-state index contributed by atoms with van der Waals surface area (Å²) in [6, 6.07) is 5.41. The van der Waals surface area contributed by atoms with Crippen molar-refractivity contribution in [3.8, 4) is 11.5 Å². The molecule has 0 unspecified atom stereocenters. The first-order valence-corrected chi connectivity index (χ1v) is 12.9. The van der Waals surface area contributed by atoms with Crippen molar-refractivity contribution in [1.82, 2.24) is 19.6 Å². The van der Waals surface area contributed by atoms with E-state index in [1.807, 2.05) is 23.5 Å². The first-order chi connectivity index (χ1) is 16.1. The lowest BCUT2D eigenvalue weighted by Crippen LogP contribution is -2.17. The Morgan fingerprint density at radius 2 is 2.12 bits per heavy atom. The standard InChI is InChI=1S/C23H23N5O3S2/c1-12-3-5-15-18(9-12)33-22-20(15)21-26-27-23(28(21)13(2)24-22)32-11-19(29)25-14-4-6-16-17(10-14)31-8-7-30-16/h4,6,10,12H,3,5,7-9,11H2,1-2H3,(H,25,29)/t12-/m0/s1. The average Bonchev–Trinajstić information content (AvgIpc) is 3.38. The van der Waals surface area contributed by atoms with Crippen LogP contribution >= 0.6 is 23.1 Å². The van der Waals surface area contributed by atoms with Gasteiger partial charge in [0.1, 0.15) is 23.9 Å². The minimum absolute atomic E-state index is 0.123. The van der Waals surface area contributed by atoms with Gasteiger partial charge in [0, 0.05) is 16.6 Å². The van der Waals surface area contributed by atoms with E-state index in [0.717, 1.165) is 34.5 Å². The molecule has 1 atom stereocenters. The number of amides is 1. The number of ether oxygens (including phenoxy) is 2. The Bertz CT molecular complexity index is 1400. The van der Waals surface area contributed by atoms with Crippen molar-refractivity contribution in [1.29, 1.82) is 0 Å². The number of fused-ring (bicyclic) bond motifs is 6. The second-order valence-corrected chi connectivity index (χ2v) is 10.6. The number of hydrogen-bond acceptors (Lipinski definition) is 8. The zero-order chi connectivity index (χ0) is 22.5. The number of nitrogens with one attached hydrogen (secondary N) is 1. The summed E-state index contributed by atoms with van der Waals surface area (Å²) in [7, 11) is 0. The Labute approximate surface area is 198 Å². The van der Waals surface area contributed by atoms with Gasteiger partial charge in [0.05, 0.1) is 11.1 Å². The molecule has 0 bridgehead atoms. The number of aryl methyl sites for hydroxylation is 2. The summed E-state index contributed by atoms with van der Waals surface area (Å²) in [6.45, 7) is 5.32. The summed E-state index contributed by atoms with van der Waals surface area (Å²) in [6.07, 6.45) is 3.36. The van der Waals surface area contributed by atoms with Crippen LogP contribution in [0.1, 0.15) is 29.6 Å². The van der Waals surface area contributed by atoms with Crippen LogP contribution in [0.2, 0.25) is 0 Å². The van der Waals surface area contributed by atoms with Gasteiger partial charge in [-0.15, -0.1) is 21.5 Å². The molecule has 33 heavy (non-hydrogen) atoms. The zero-order valence-electron chi connectivity index (χ0n) is 18.4. The van der Waals surface area contributed by atoms with Crippen molar-refractivity contribution in [3.05, 3.63) is 34.5 Å². The molecule has 0 spiro atoms. The number of rotatable bonds is 4. The highest BCUT2D eigenvalue weighted by molar-refractivity contribution is 7.99. The SMILES string of the molecule is Cc1nc2sc3c(c2c2nnc(SCC(=O)Nc4ccc5c(c4)OCCO5)n12)CC[C@H](C)C3. The van der Waals surface area contributed by atoms with E-state index in [-0.39, 0.29) is 11.7 Å². The van der Waals surface area contributed by atoms with Crippen molar-refractivity contribution >= 4 is 50.6 Å². The van der Waals surface area contributed by atoms with Gasteiger partial charge >= 0.3 is 0 Å². The van der Waals surface area contributed by atoms with Gasteiger partial charge in [-0.05, 0) is 49.8 Å². The fourth-order valence-corrected chi connectivity index (χ4v) is 6.71. The second-order valence-electron chi connectivity index (χ2n) is 8.53. The molecule has 0 saturated heterocycles. The molecule has 1 aliphatic heterocycles. The number of hydrogen-bond donors (Lipinski definition) is 1. The first kappa shape index (κ1) is 20.7. The molecule has 0 radical (unpaired) electrons. The van der Waals surface area contributed by atoms with Crippen LogP contribution in [0.5, 0.6) is 11.5 Å². The van der Waals surface area contributed by atoms with Gasteiger partial charge in [-0.25, -0.2) is 4.98 Å². The number of thiophene rings is 1. The molecular formula is C23H23N5O3S2. The maximum atomic E-state index is 12.6. The fourth-order valence-electron chi connectivity index (χ4n) is 4.51. The van der Waals surface area contributed by atoms with Gasteiger partial charge < -0.3 is 14.8 Å². The molecule has 170 valence electrons. The molecule has 1 aliphatic carbocycles. The molecule has 10 heteroatoms. The third-order valence-corrected chi connectivity index (χ3v) is 8.17. The maximum Gasteiger partial charge on any atom is 0.234 e.